The number of nitro benzene ring substituents is 1. The highest BCUT2D eigenvalue weighted by Gasteiger charge is 2.28. The number of aryl methyl sites for hydroxylation is 1. The van der Waals surface area contributed by atoms with Crippen LogP contribution in [-0.4, -0.2) is 46.0 Å². The Morgan fingerprint density at radius 2 is 2.03 bits per heavy atom. The highest BCUT2D eigenvalue weighted by Crippen LogP contribution is 2.32. The molecule has 8 heteroatoms. The third-order valence-electron chi connectivity index (χ3n) is 5.40. The van der Waals surface area contributed by atoms with Crippen LogP contribution < -0.4 is 4.74 Å². The Kier molecular flexibility index (Phi) is 8.57. The van der Waals surface area contributed by atoms with Crippen molar-refractivity contribution >= 4 is 17.9 Å². The minimum absolute atomic E-state index is 0.0164. The molecule has 1 aliphatic rings. The lowest BCUT2D eigenvalue weighted by Crippen LogP contribution is -2.46. The van der Waals surface area contributed by atoms with Crippen LogP contribution >= 0.6 is 0 Å². The van der Waals surface area contributed by atoms with Crippen molar-refractivity contribution in [1.29, 1.82) is 0 Å². The molecule has 0 saturated heterocycles. The summed E-state index contributed by atoms with van der Waals surface area (Å²) in [6.45, 7) is 3.46. The fourth-order valence-corrected chi connectivity index (χ4v) is 3.91. The van der Waals surface area contributed by atoms with Crippen molar-refractivity contribution in [2.24, 2.45) is 0 Å². The molecule has 1 aliphatic carbocycles. The quantitative estimate of drug-likeness (QED) is 0.208. The second-order valence-electron chi connectivity index (χ2n) is 7.55. The summed E-state index contributed by atoms with van der Waals surface area (Å²) in [7, 11) is 0. The van der Waals surface area contributed by atoms with Gasteiger partial charge >= 0.3 is 5.69 Å². The minimum atomic E-state index is -0.807. The Bertz CT molecular complexity index is 728. The lowest BCUT2D eigenvalue weighted by atomic mass is 9.93. The van der Waals surface area contributed by atoms with Gasteiger partial charge in [0.1, 0.15) is 6.23 Å². The zero-order valence-electron chi connectivity index (χ0n) is 17.1. The van der Waals surface area contributed by atoms with Gasteiger partial charge in [-0.15, -0.1) is 0 Å². The van der Waals surface area contributed by atoms with Gasteiger partial charge in [-0.25, -0.2) is 0 Å². The molecule has 0 aromatic heterocycles. The molecule has 1 atom stereocenters. The van der Waals surface area contributed by atoms with Gasteiger partial charge < -0.3 is 14.7 Å². The number of carbonyl (C=O) groups is 2. The van der Waals surface area contributed by atoms with Gasteiger partial charge in [-0.3, -0.25) is 19.7 Å². The first kappa shape index (κ1) is 22.8. The van der Waals surface area contributed by atoms with Crippen LogP contribution in [0.3, 0.4) is 0 Å². The summed E-state index contributed by atoms with van der Waals surface area (Å²) in [5.41, 5.74) is 0.210. The van der Waals surface area contributed by atoms with E-state index in [4.69, 9.17) is 4.74 Å². The Morgan fingerprint density at radius 3 is 2.62 bits per heavy atom. The highest BCUT2D eigenvalue weighted by atomic mass is 16.6. The molecule has 160 valence electrons. The molecule has 1 saturated carbocycles. The number of aliphatic hydroxyl groups excluding tert-OH is 1. The topological polar surface area (TPSA) is 110 Å². The number of carbonyl (C=O) groups excluding carboxylic acids is 2. The fourth-order valence-electron chi connectivity index (χ4n) is 3.91. The van der Waals surface area contributed by atoms with E-state index >= 15 is 0 Å². The summed E-state index contributed by atoms with van der Waals surface area (Å²) in [6.07, 6.45) is 6.22. The molecule has 0 spiro atoms. The van der Waals surface area contributed by atoms with E-state index in [1.165, 1.54) is 12.5 Å². The molecule has 8 nitrogen and oxygen atoms in total. The van der Waals surface area contributed by atoms with Gasteiger partial charge in [0.05, 0.1) is 17.1 Å². The van der Waals surface area contributed by atoms with Crippen LogP contribution in [0.15, 0.2) is 12.1 Å². The van der Waals surface area contributed by atoms with Crippen LogP contribution in [0.1, 0.15) is 74.2 Å². The van der Waals surface area contributed by atoms with Crippen molar-refractivity contribution in [2.45, 2.75) is 77.5 Å². The first-order valence-corrected chi connectivity index (χ1v) is 10.2. The first-order chi connectivity index (χ1) is 13.9. The molecule has 1 fully saturated rings. The van der Waals surface area contributed by atoms with Gasteiger partial charge in [0.25, 0.3) is 0 Å². The van der Waals surface area contributed by atoms with E-state index in [2.05, 4.69) is 0 Å². The van der Waals surface area contributed by atoms with Gasteiger partial charge in [-0.05, 0) is 51.2 Å². The summed E-state index contributed by atoms with van der Waals surface area (Å²) in [5, 5.41) is 21.3. The predicted octanol–water partition coefficient (Wildman–Crippen LogP) is 3.76. The van der Waals surface area contributed by atoms with Crippen molar-refractivity contribution in [3.05, 3.63) is 33.4 Å². The lowest BCUT2D eigenvalue weighted by Gasteiger charge is -2.36. The van der Waals surface area contributed by atoms with Gasteiger partial charge in [0, 0.05) is 12.5 Å². The maximum Gasteiger partial charge on any atom is 0.321 e. The smallest absolute Gasteiger partial charge is 0.321 e. The number of aldehydes is 1. The number of ether oxygens (including phenoxy) is 1. The summed E-state index contributed by atoms with van der Waals surface area (Å²) in [6, 6.07) is 3.20. The molecule has 0 heterocycles. The second-order valence-corrected chi connectivity index (χ2v) is 7.55. The van der Waals surface area contributed by atoms with Crippen LogP contribution in [0.4, 0.5) is 5.69 Å². The molecule has 1 aromatic rings. The third-order valence-corrected chi connectivity index (χ3v) is 5.40. The van der Waals surface area contributed by atoms with E-state index in [1.54, 1.807) is 24.8 Å². The third kappa shape index (κ3) is 6.00. The van der Waals surface area contributed by atoms with Gasteiger partial charge in [0.15, 0.2) is 12.0 Å². The monoisotopic (exact) mass is 406 g/mol. The molecular formula is C21H30N2O6. The number of nitrogens with zero attached hydrogens (tertiary/aromatic N) is 2. The largest absolute Gasteiger partial charge is 0.487 e. The molecule has 0 bridgehead atoms. The zero-order valence-corrected chi connectivity index (χ0v) is 17.1. The van der Waals surface area contributed by atoms with Crippen molar-refractivity contribution in [3.63, 3.8) is 0 Å². The SMILES string of the molecule is Cc1ccc(OCCCCC(=O)N(C(C)O)C2CCCCC2)c([N+](=O)[O-])c1C=O. The molecule has 2 rings (SSSR count). The fraction of sp³-hybridized carbons (Fsp3) is 0.619. The molecular weight excluding hydrogens is 376 g/mol. The zero-order chi connectivity index (χ0) is 21.4. The number of hydrogen-bond acceptors (Lipinski definition) is 6. The van der Waals surface area contributed by atoms with E-state index in [1.807, 2.05) is 0 Å². The minimum Gasteiger partial charge on any atom is -0.487 e. The van der Waals surface area contributed by atoms with Crippen molar-refractivity contribution < 1.29 is 24.4 Å². The second kappa shape index (κ2) is 10.9. The van der Waals surface area contributed by atoms with Crippen LogP contribution in [0.25, 0.3) is 0 Å². The Balaban J connectivity index is 1.87. The molecule has 1 aromatic carbocycles. The summed E-state index contributed by atoms with van der Waals surface area (Å²) in [5.74, 6) is -0.0155. The van der Waals surface area contributed by atoms with Gasteiger partial charge in [0.2, 0.25) is 5.91 Å². The van der Waals surface area contributed by atoms with E-state index < -0.39 is 11.2 Å². The van der Waals surface area contributed by atoms with Crippen molar-refractivity contribution in [3.8, 4) is 5.75 Å². The number of benzene rings is 1. The Hall–Kier alpha value is -2.48. The highest BCUT2D eigenvalue weighted by molar-refractivity contribution is 5.85. The van der Waals surface area contributed by atoms with E-state index in [0.29, 0.717) is 31.1 Å². The van der Waals surface area contributed by atoms with Crippen molar-refractivity contribution in [1.82, 2.24) is 4.90 Å². The normalized spacial score (nSPS) is 15.6. The molecule has 0 aliphatic heterocycles. The molecule has 29 heavy (non-hydrogen) atoms. The lowest BCUT2D eigenvalue weighted by molar-refractivity contribution is -0.386. The Labute approximate surface area is 171 Å². The molecule has 1 unspecified atom stereocenters. The number of unbranched alkanes of at least 4 members (excludes halogenated alkanes) is 1. The van der Waals surface area contributed by atoms with E-state index in [9.17, 15) is 24.8 Å². The first-order valence-electron chi connectivity index (χ1n) is 10.2. The predicted molar refractivity (Wildman–Crippen MR) is 108 cm³/mol. The van der Waals surface area contributed by atoms with E-state index in [-0.39, 0.29) is 35.6 Å². The van der Waals surface area contributed by atoms with Gasteiger partial charge in [-0.2, -0.15) is 0 Å². The molecule has 1 amide bonds. The maximum atomic E-state index is 12.6. The number of nitro groups is 1. The van der Waals surface area contributed by atoms with E-state index in [0.717, 1.165) is 25.7 Å². The summed E-state index contributed by atoms with van der Waals surface area (Å²) in [4.78, 5) is 36.1. The molecule has 1 N–H and O–H groups in total. The van der Waals surface area contributed by atoms with Crippen LogP contribution in [0.5, 0.6) is 5.75 Å². The number of hydrogen-bond donors (Lipinski definition) is 1. The summed E-state index contributed by atoms with van der Waals surface area (Å²) < 4.78 is 5.53. The number of rotatable bonds is 10. The average Bonchev–Trinajstić information content (AvgIpc) is 2.68. The number of aliphatic hydroxyl groups is 1. The van der Waals surface area contributed by atoms with Crippen LogP contribution in [0.2, 0.25) is 0 Å². The summed E-state index contributed by atoms with van der Waals surface area (Å²) >= 11 is 0. The Morgan fingerprint density at radius 1 is 1.34 bits per heavy atom. The van der Waals surface area contributed by atoms with Crippen molar-refractivity contribution in [2.75, 3.05) is 6.61 Å². The average molecular weight is 406 g/mol. The van der Waals surface area contributed by atoms with Crippen LogP contribution in [0, 0.1) is 17.0 Å². The maximum absolute atomic E-state index is 12.6. The number of amides is 1. The van der Waals surface area contributed by atoms with Gasteiger partial charge in [-0.1, -0.05) is 25.3 Å². The standard InChI is InChI=1S/C21H30N2O6/c1-15-11-12-19(21(23(27)28)18(15)14-24)29-13-7-6-10-20(26)22(16(2)25)17-8-4-3-5-9-17/h11-12,14,16-17,25H,3-10,13H2,1-2H3. The molecule has 0 radical (unpaired) electrons. The van der Waals surface area contributed by atoms with Crippen LogP contribution in [-0.2, 0) is 4.79 Å².